The number of nitrogens with one attached hydrogen (secondary N) is 2. The molecule has 0 saturated carbocycles. The molecule has 0 amide bonds. The molecule has 3 atom stereocenters. The molecule has 0 bridgehead atoms. The lowest BCUT2D eigenvalue weighted by Crippen LogP contribution is -2.35. The van der Waals surface area contributed by atoms with Crippen LogP contribution in [0.3, 0.4) is 0 Å². The lowest BCUT2D eigenvalue weighted by atomic mass is 9.71. The van der Waals surface area contributed by atoms with Gasteiger partial charge in [0.1, 0.15) is 0 Å². The number of carboxylic acids is 2. The van der Waals surface area contributed by atoms with Gasteiger partial charge in [-0.2, -0.15) is 18.4 Å². The van der Waals surface area contributed by atoms with Gasteiger partial charge in [0, 0.05) is 12.5 Å². The topological polar surface area (TPSA) is 141 Å². The van der Waals surface area contributed by atoms with Crippen molar-refractivity contribution in [3.8, 4) is 0 Å². The highest BCUT2D eigenvalue weighted by atomic mass is 19.4. The molecule has 12 heteroatoms. The zero-order valence-electron chi connectivity index (χ0n) is 18.6. The summed E-state index contributed by atoms with van der Waals surface area (Å²) in [6.07, 6.45) is -3.35. The lowest BCUT2D eigenvalue weighted by Gasteiger charge is -2.32. The summed E-state index contributed by atoms with van der Waals surface area (Å²) < 4.78 is 31.7. The Labute approximate surface area is 188 Å². The second-order valence-electron chi connectivity index (χ2n) is 9.00. The van der Waals surface area contributed by atoms with Gasteiger partial charge in [0.25, 0.3) is 0 Å². The third-order valence-electron chi connectivity index (χ3n) is 5.50. The summed E-state index contributed by atoms with van der Waals surface area (Å²) in [5.41, 5.74) is 2.00. The molecular weight excluding hydrogens is 443 g/mol. The highest BCUT2D eigenvalue weighted by Gasteiger charge is 2.41. The van der Waals surface area contributed by atoms with E-state index >= 15 is 0 Å². The van der Waals surface area contributed by atoms with E-state index in [1.54, 1.807) is 0 Å². The molecular formula is C21H28F3N5O4. The number of hydrogen-bond acceptors (Lipinski definition) is 6. The molecule has 33 heavy (non-hydrogen) atoms. The summed E-state index contributed by atoms with van der Waals surface area (Å²) in [5.74, 6) is -3.52. The third kappa shape index (κ3) is 7.52. The van der Waals surface area contributed by atoms with Crippen molar-refractivity contribution in [1.82, 2.24) is 25.9 Å². The number of halogens is 3. The summed E-state index contributed by atoms with van der Waals surface area (Å²) >= 11 is 0. The van der Waals surface area contributed by atoms with Crippen molar-refractivity contribution in [2.75, 3.05) is 13.1 Å². The minimum atomic E-state index is -5.08. The molecule has 1 saturated heterocycles. The first kappa shape index (κ1) is 26.2. The van der Waals surface area contributed by atoms with Gasteiger partial charge in [-0.3, -0.25) is 4.79 Å². The first-order valence-electron chi connectivity index (χ1n) is 10.4. The van der Waals surface area contributed by atoms with E-state index in [0.29, 0.717) is 18.2 Å². The molecule has 0 radical (unpaired) electrons. The van der Waals surface area contributed by atoms with E-state index in [9.17, 15) is 23.1 Å². The minimum absolute atomic E-state index is 0.342. The van der Waals surface area contributed by atoms with E-state index in [4.69, 9.17) is 9.90 Å². The molecule has 1 fully saturated rings. The van der Waals surface area contributed by atoms with Crippen LogP contribution in [0.2, 0.25) is 0 Å². The van der Waals surface area contributed by atoms with Gasteiger partial charge in [-0.15, -0.1) is 10.2 Å². The predicted octanol–water partition coefficient (Wildman–Crippen LogP) is 2.98. The van der Waals surface area contributed by atoms with Crippen LogP contribution in [-0.2, 0) is 16.0 Å². The summed E-state index contributed by atoms with van der Waals surface area (Å²) in [6.45, 7) is 7.91. The molecule has 1 aliphatic heterocycles. The Bertz CT molecular complexity index is 905. The molecule has 182 valence electrons. The SMILES string of the molecule is CC(C)(C)C(C(=O)O)[C@H](Cc1ccc(C2CCNC2)cc1)c1nn[nH]n1.O=C(O)C(F)(F)F. The highest BCUT2D eigenvalue weighted by molar-refractivity contribution is 5.73. The van der Waals surface area contributed by atoms with E-state index in [0.717, 1.165) is 25.1 Å². The zero-order valence-corrected chi connectivity index (χ0v) is 18.6. The summed E-state index contributed by atoms with van der Waals surface area (Å²) in [5, 5.41) is 34.6. The van der Waals surface area contributed by atoms with E-state index in [1.807, 2.05) is 20.8 Å². The second-order valence-corrected chi connectivity index (χ2v) is 9.00. The summed E-state index contributed by atoms with van der Waals surface area (Å²) in [7, 11) is 0. The molecule has 3 rings (SSSR count). The smallest absolute Gasteiger partial charge is 0.481 e. The van der Waals surface area contributed by atoms with Crippen molar-refractivity contribution in [2.24, 2.45) is 11.3 Å². The number of hydrogen-bond donors (Lipinski definition) is 4. The van der Waals surface area contributed by atoms with Crippen LogP contribution in [0.5, 0.6) is 0 Å². The number of benzene rings is 1. The zero-order chi connectivity index (χ0) is 24.8. The first-order valence-corrected chi connectivity index (χ1v) is 10.4. The third-order valence-corrected chi connectivity index (χ3v) is 5.50. The van der Waals surface area contributed by atoms with Gasteiger partial charge in [-0.1, -0.05) is 50.3 Å². The molecule has 4 N–H and O–H groups in total. The minimum Gasteiger partial charge on any atom is -0.481 e. The molecule has 1 aromatic heterocycles. The number of aromatic amines is 1. The highest BCUT2D eigenvalue weighted by Crippen LogP contribution is 2.39. The van der Waals surface area contributed by atoms with Gasteiger partial charge >= 0.3 is 18.1 Å². The Balaban J connectivity index is 0.000000479. The molecule has 9 nitrogen and oxygen atoms in total. The maximum Gasteiger partial charge on any atom is 0.490 e. The number of aliphatic carboxylic acids is 2. The number of nitrogens with zero attached hydrogens (tertiary/aromatic N) is 3. The molecule has 1 aliphatic rings. The van der Waals surface area contributed by atoms with E-state index in [-0.39, 0.29) is 5.92 Å². The standard InChI is InChI=1S/C19H27N5O2.C2HF3O2/c1-19(2,3)16(18(25)26)15(17-21-23-24-22-17)10-12-4-6-13(7-5-12)14-8-9-20-11-14;3-2(4,5)1(6)7/h4-7,14-16,20H,8-11H2,1-3H3,(H,25,26)(H,21,22,23,24);(H,6,7)/t14?,15-,16?;/m0./s1. The monoisotopic (exact) mass is 471 g/mol. The Morgan fingerprint density at radius 2 is 1.76 bits per heavy atom. The summed E-state index contributed by atoms with van der Waals surface area (Å²) in [6, 6.07) is 8.52. The van der Waals surface area contributed by atoms with Crippen LogP contribution in [0.25, 0.3) is 0 Å². The van der Waals surface area contributed by atoms with Crippen LogP contribution in [0.4, 0.5) is 13.2 Å². The Morgan fingerprint density at radius 3 is 2.15 bits per heavy atom. The maximum atomic E-state index is 12.0. The average molecular weight is 471 g/mol. The van der Waals surface area contributed by atoms with Crippen molar-refractivity contribution in [2.45, 2.75) is 51.6 Å². The number of carboxylic acid groups (broad SMARTS) is 2. The molecule has 2 heterocycles. The second kappa shape index (κ2) is 10.7. The predicted molar refractivity (Wildman–Crippen MR) is 112 cm³/mol. The van der Waals surface area contributed by atoms with Gasteiger partial charge in [-0.05, 0) is 41.8 Å². The fourth-order valence-electron chi connectivity index (χ4n) is 3.95. The first-order chi connectivity index (χ1) is 15.3. The number of carbonyl (C=O) groups is 2. The van der Waals surface area contributed by atoms with Gasteiger partial charge < -0.3 is 15.5 Å². The van der Waals surface area contributed by atoms with Crippen LogP contribution in [-0.4, -0.2) is 62.0 Å². The quantitative estimate of drug-likeness (QED) is 0.504. The number of H-pyrrole nitrogens is 1. The Morgan fingerprint density at radius 1 is 1.15 bits per heavy atom. The van der Waals surface area contributed by atoms with Crippen molar-refractivity contribution in [3.63, 3.8) is 0 Å². The number of aromatic nitrogens is 4. The van der Waals surface area contributed by atoms with Crippen molar-refractivity contribution >= 4 is 11.9 Å². The molecule has 2 aromatic rings. The van der Waals surface area contributed by atoms with Crippen LogP contribution in [0, 0.1) is 11.3 Å². The van der Waals surface area contributed by atoms with Gasteiger partial charge in [0.2, 0.25) is 0 Å². The normalized spacial score (nSPS) is 18.2. The molecule has 1 aromatic carbocycles. The van der Waals surface area contributed by atoms with Gasteiger partial charge in [-0.25, -0.2) is 4.79 Å². The van der Waals surface area contributed by atoms with Gasteiger partial charge in [0.15, 0.2) is 5.82 Å². The van der Waals surface area contributed by atoms with Crippen LogP contribution in [0.1, 0.15) is 56.0 Å². The number of rotatable bonds is 6. The largest absolute Gasteiger partial charge is 0.490 e. The lowest BCUT2D eigenvalue weighted by molar-refractivity contribution is -0.192. The van der Waals surface area contributed by atoms with Crippen molar-refractivity contribution < 1.29 is 33.0 Å². The number of alkyl halides is 3. The van der Waals surface area contributed by atoms with E-state index < -0.39 is 29.4 Å². The fourth-order valence-corrected chi connectivity index (χ4v) is 3.95. The van der Waals surface area contributed by atoms with E-state index in [2.05, 4.69) is 50.2 Å². The van der Waals surface area contributed by atoms with Crippen LogP contribution in [0.15, 0.2) is 24.3 Å². The maximum absolute atomic E-state index is 12.0. The molecule has 0 aliphatic carbocycles. The van der Waals surface area contributed by atoms with E-state index in [1.165, 1.54) is 5.56 Å². The summed E-state index contributed by atoms with van der Waals surface area (Å²) in [4.78, 5) is 20.9. The molecule has 2 unspecified atom stereocenters. The fraction of sp³-hybridized carbons (Fsp3) is 0.571. The van der Waals surface area contributed by atoms with Crippen molar-refractivity contribution in [3.05, 3.63) is 41.2 Å². The Kier molecular flexibility index (Phi) is 8.53. The number of tetrazole rings is 1. The van der Waals surface area contributed by atoms with Crippen LogP contribution < -0.4 is 5.32 Å². The average Bonchev–Trinajstić information content (AvgIpc) is 3.41. The van der Waals surface area contributed by atoms with Crippen molar-refractivity contribution in [1.29, 1.82) is 0 Å². The molecule has 0 spiro atoms. The Hall–Kier alpha value is -3.02. The van der Waals surface area contributed by atoms with Crippen LogP contribution >= 0.6 is 0 Å². The van der Waals surface area contributed by atoms with Gasteiger partial charge in [0.05, 0.1) is 5.92 Å².